The number of aromatic amines is 1. The van der Waals surface area contributed by atoms with Crippen molar-refractivity contribution in [3.05, 3.63) is 82.5 Å². The van der Waals surface area contributed by atoms with E-state index in [2.05, 4.69) is 14.7 Å². The predicted octanol–water partition coefficient (Wildman–Crippen LogP) is 6.21. The summed E-state index contributed by atoms with van der Waals surface area (Å²) in [6.07, 6.45) is 5.49. The second kappa shape index (κ2) is 9.99. The maximum Gasteiger partial charge on any atom is 0.265 e. The highest BCUT2D eigenvalue weighted by Crippen LogP contribution is 2.36. The normalized spacial score (nSPS) is 11.6. The summed E-state index contributed by atoms with van der Waals surface area (Å²) in [5, 5.41) is 1.19. The van der Waals surface area contributed by atoms with E-state index in [4.69, 9.17) is 27.9 Å². The minimum absolute atomic E-state index is 0.125. The number of hydrogen-bond donors (Lipinski definition) is 2. The van der Waals surface area contributed by atoms with Crippen LogP contribution in [0.2, 0.25) is 10.0 Å². The molecule has 0 saturated heterocycles. The van der Waals surface area contributed by atoms with Gasteiger partial charge in [0.05, 0.1) is 27.9 Å². The Hall–Kier alpha value is -2.81. The zero-order valence-corrected chi connectivity index (χ0v) is 19.6. The Morgan fingerprint density at radius 2 is 1.88 bits per heavy atom. The number of rotatable bonds is 9. The molecule has 0 aliphatic carbocycles. The lowest BCUT2D eigenvalue weighted by Crippen LogP contribution is -2.15. The largest absolute Gasteiger partial charge is 0.490 e. The fraction of sp³-hybridized carbons (Fsp3) is 0.174. The molecule has 33 heavy (non-hydrogen) atoms. The lowest BCUT2D eigenvalue weighted by atomic mass is 10.2. The number of anilines is 1. The van der Waals surface area contributed by atoms with Gasteiger partial charge in [0, 0.05) is 23.5 Å². The second-order valence-corrected chi connectivity index (χ2v) is 9.75. The molecule has 4 rings (SSSR count). The number of hydrogen-bond acceptors (Lipinski definition) is 4. The summed E-state index contributed by atoms with van der Waals surface area (Å²) in [5.41, 5.74) is 1.57. The number of nitrogens with one attached hydrogen (secondary N) is 2. The first kappa shape index (κ1) is 23.4. The van der Waals surface area contributed by atoms with E-state index >= 15 is 4.39 Å². The summed E-state index contributed by atoms with van der Waals surface area (Å²) in [7, 11) is -4.25. The van der Waals surface area contributed by atoms with Crippen LogP contribution >= 0.6 is 23.2 Å². The highest BCUT2D eigenvalue weighted by molar-refractivity contribution is 7.92. The van der Waals surface area contributed by atoms with E-state index in [0.29, 0.717) is 27.4 Å². The van der Waals surface area contributed by atoms with E-state index < -0.39 is 20.7 Å². The van der Waals surface area contributed by atoms with E-state index in [1.165, 1.54) is 36.5 Å². The number of ether oxygens (including phenoxy) is 1. The molecular formula is C23H20Cl2FN3O3S. The highest BCUT2D eigenvalue weighted by atomic mass is 35.5. The number of fused-ring (bicyclic) bond motifs is 1. The fourth-order valence-electron chi connectivity index (χ4n) is 3.40. The van der Waals surface area contributed by atoms with Crippen LogP contribution in [0.3, 0.4) is 0 Å². The van der Waals surface area contributed by atoms with Gasteiger partial charge in [0.1, 0.15) is 4.90 Å². The third-order valence-electron chi connectivity index (χ3n) is 5.01. The number of unbranched alkanes of at least 4 members (excludes halogenated alkanes) is 1. The maximum absolute atomic E-state index is 15.0. The quantitative estimate of drug-likeness (QED) is 0.263. The van der Waals surface area contributed by atoms with E-state index in [9.17, 15) is 8.42 Å². The Morgan fingerprint density at radius 1 is 1.03 bits per heavy atom. The van der Waals surface area contributed by atoms with Gasteiger partial charge in [0.25, 0.3) is 10.0 Å². The average Bonchev–Trinajstić information content (AvgIpc) is 3.20. The van der Waals surface area contributed by atoms with Gasteiger partial charge in [-0.2, -0.15) is 0 Å². The smallest absolute Gasteiger partial charge is 0.265 e. The van der Waals surface area contributed by atoms with E-state index in [-0.39, 0.29) is 18.0 Å². The first-order valence-corrected chi connectivity index (χ1v) is 12.4. The van der Waals surface area contributed by atoms with Crippen molar-refractivity contribution in [1.29, 1.82) is 0 Å². The van der Waals surface area contributed by atoms with Crippen LogP contribution in [0.4, 0.5) is 10.1 Å². The van der Waals surface area contributed by atoms with E-state index in [1.54, 1.807) is 6.20 Å². The summed E-state index contributed by atoms with van der Waals surface area (Å²) < 4.78 is 48.8. The molecular weight excluding hydrogens is 488 g/mol. The molecule has 0 amide bonds. The van der Waals surface area contributed by atoms with Gasteiger partial charge in [-0.15, -0.1) is 0 Å². The third kappa shape index (κ3) is 5.24. The number of pyridine rings is 1. The molecule has 0 bridgehead atoms. The zero-order chi connectivity index (χ0) is 23.4. The van der Waals surface area contributed by atoms with Crippen LogP contribution in [0.1, 0.15) is 18.5 Å². The molecule has 0 fully saturated rings. The lowest BCUT2D eigenvalue weighted by Gasteiger charge is -2.13. The van der Waals surface area contributed by atoms with Gasteiger partial charge in [-0.05, 0) is 55.7 Å². The predicted molar refractivity (Wildman–Crippen MR) is 128 cm³/mol. The molecule has 0 unspecified atom stereocenters. The molecule has 6 nitrogen and oxygen atoms in total. The molecule has 0 aliphatic heterocycles. The van der Waals surface area contributed by atoms with Gasteiger partial charge in [-0.1, -0.05) is 35.3 Å². The zero-order valence-electron chi connectivity index (χ0n) is 17.3. The number of aryl methyl sites for hydroxylation is 1. The molecule has 0 spiro atoms. The van der Waals surface area contributed by atoms with Crippen LogP contribution in [0, 0.1) is 5.82 Å². The third-order valence-corrected chi connectivity index (χ3v) is 7.01. The monoisotopic (exact) mass is 507 g/mol. The molecule has 0 saturated carbocycles. The van der Waals surface area contributed by atoms with Crippen molar-refractivity contribution in [3.63, 3.8) is 0 Å². The molecule has 0 radical (unpaired) electrons. The van der Waals surface area contributed by atoms with Crippen molar-refractivity contribution in [3.8, 4) is 5.75 Å². The first-order valence-electron chi connectivity index (χ1n) is 10.2. The van der Waals surface area contributed by atoms with Crippen LogP contribution < -0.4 is 9.46 Å². The first-order chi connectivity index (χ1) is 15.9. The lowest BCUT2D eigenvalue weighted by molar-refractivity contribution is 0.289. The Bertz CT molecular complexity index is 1380. The Balaban J connectivity index is 1.45. The van der Waals surface area contributed by atoms with Crippen molar-refractivity contribution in [2.24, 2.45) is 0 Å². The van der Waals surface area contributed by atoms with Crippen LogP contribution in [0.25, 0.3) is 10.9 Å². The standard InChI is InChI=1S/C23H20Cl2FN3O3S/c24-16-10-11-18(23-21(16)17(25)14-28-23)29-33(30,31)20-9-5-8-19(22(20)26)32-13-4-2-7-15-6-1-3-12-27-15/h1,3,5-6,8-12,14,28-29H,2,4,7,13H2. The number of sulfonamides is 1. The van der Waals surface area contributed by atoms with Crippen molar-refractivity contribution >= 4 is 49.8 Å². The Kier molecular flexibility index (Phi) is 7.07. The maximum atomic E-state index is 15.0. The van der Waals surface area contributed by atoms with Crippen molar-refractivity contribution in [1.82, 2.24) is 9.97 Å². The molecule has 2 aromatic heterocycles. The summed E-state index contributed by atoms with van der Waals surface area (Å²) in [6, 6.07) is 12.7. The van der Waals surface area contributed by atoms with Gasteiger partial charge in [-0.25, -0.2) is 12.8 Å². The summed E-state index contributed by atoms with van der Waals surface area (Å²) in [6.45, 7) is 0.249. The summed E-state index contributed by atoms with van der Waals surface area (Å²) in [5.74, 6) is -1.08. The van der Waals surface area contributed by atoms with Gasteiger partial charge in [0.2, 0.25) is 0 Å². The molecule has 10 heteroatoms. The number of H-pyrrole nitrogens is 1. The van der Waals surface area contributed by atoms with Gasteiger partial charge >= 0.3 is 0 Å². The van der Waals surface area contributed by atoms with Crippen LogP contribution in [0.15, 0.2) is 65.8 Å². The molecule has 0 atom stereocenters. The number of nitrogens with zero attached hydrogens (tertiary/aromatic N) is 1. The fourth-order valence-corrected chi connectivity index (χ4v) is 5.12. The molecule has 172 valence electrons. The summed E-state index contributed by atoms with van der Waals surface area (Å²) in [4.78, 5) is 6.62. The molecule has 4 aromatic rings. The number of halogens is 3. The van der Waals surface area contributed by atoms with Gasteiger partial charge < -0.3 is 9.72 Å². The average molecular weight is 508 g/mol. The minimum Gasteiger partial charge on any atom is -0.490 e. The molecule has 0 aliphatic rings. The minimum atomic E-state index is -4.25. The van der Waals surface area contributed by atoms with Crippen LogP contribution in [0.5, 0.6) is 5.75 Å². The van der Waals surface area contributed by atoms with Crippen LogP contribution in [-0.2, 0) is 16.4 Å². The van der Waals surface area contributed by atoms with Crippen molar-refractivity contribution in [2.45, 2.75) is 24.2 Å². The molecule has 2 aromatic carbocycles. The molecule has 2 heterocycles. The number of benzene rings is 2. The van der Waals surface area contributed by atoms with Crippen molar-refractivity contribution in [2.75, 3.05) is 11.3 Å². The Morgan fingerprint density at radius 3 is 2.67 bits per heavy atom. The SMILES string of the molecule is O=S(=O)(Nc1ccc(Cl)c2c(Cl)c[nH]c12)c1cccc(OCCCCc2ccccn2)c1F. The van der Waals surface area contributed by atoms with Gasteiger partial charge in [0.15, 0.2) is 11.6 Å². The molecule has 2 N–H and O–H groups in total. The second-order valence-electron chi connectivity index (χ2n) is 7.28. The van der Waals surface area contributed by atoms with Crippen molar-refractivity contribution < 1.29 is 17.5 Å². The van der Waals surface area contributed by atoms with Crippen LogP contribution in [-0.4, -0.2) is 25.0 Å². The van der Waals surface area contributed by atoms with Gasteiger partial charge in [-0.3, -0.25) is 9.71 Å². The summed E-state index contributed by atoms with van der Waals surface area (Å²) >= 11 is 12.3. The Labute approximate surface area is 200 Å². The van der Waals surface area contributed by atoms with E-state index in [1.807, 2.05) is 18.2 Å². The highest BCUT2D eigenvalue weighted by Gasteiger charge is 2.23. The number of aromatic nitrogens is 2. The van der Waals surface area contributed by atoms with E-state index in [0.717, 1.165) is 18.5 Å². The topological polar surface area (TPSA) is 84.1 Å².